The largest absolute Gasteiger partial charge is 0.404 e. The third-order valence-corrected chi connectivity index (χ3v) is 12.1. The van der Waals surface area contributed by atoms with E-state index in [0.717, 1.165) is 0 Å². The summed E-state index contributed by atoms with van der Waals surface area (Å²) in [5.41, 5.74) is -0.682. The molecule has 0 spiro atoms. The number of aromatic nitrogens is 2. The fraction of sp³-hybridized carbons (Fsp3) is 0.346. The van der Waals surface area contributed by atoms with Gasteiger partial charge in [0.2, 0.25) is 5.91 Å². The minimum Gasteiger partial charge on any atom is -0.404 e. The first-order chi connectivity index (χ1) is 16.7. The van der Waals surface area contributed by atoms with Gasteiger partial charge in [0.1, 0.15) is 17.5 Å². The number of nitrogens with one attached hydrogen (secondary N) is 1. The number of carbonyl (C=O) groups is 1. The molecule has 0 aliphatic carbocycles. The maximum Gasteiger partial charge on any atom is 0.351 e. The van der Waals surface area contributed by atoms with E-state index in [2.05, 4.69) is 79.6 Å². The Morgan fingerprint density at radius 2 is 1.71 bits per heavy atom. The lowest BCUT2D eigenvalue weighted by atomic mass is 10.2. The van der Waals surface area contributed by atoms with Crippen molar-refractivity contribution in [3.05, 3.63) is 83.4 Å². The van der Waals surface area contributed by atoms with E-state index in [1.54, 1.807) is 24.0 Å². The summed E-state index contributed by atoms with van der Waals surface area (Å²) in [6.45, 7) is 8.51. The summed E-state index contributed by atoms with van der Waals surface area (Å²) >= 11 is 1.63. The quantitative estimate of drug-likeness (QED) is 0.492. The van der Waals surface area contributed by atoms with Crippen LogP contribution in [0.3, 0.4) is 0 Å². The first-order valence-corrected chi connectivity index (χ1v) is 14.6. The van der Waals surface area contributed by atoms with Crippen molar-refractivity contribution < 1.29 is 14.0 Å². The van der Waals surface area contributed by atoms with Crippen LogP contribution >= 0.6 is 11.8 Å². The zero-order chi connectivity index (χ0) is 25.1. The number of rotatable bonds is 7. The summed E-state index contributed by atoms with van der Waals surface area (Å²) in [6.07, 6.45) is 1.16. The monoisotopic (exact) mass is 509 g/mol. The first kappa shape index (κ1) is 25.4. The number of hydrogen-bond acceptors (Lipinski definition) is 6. The Kier molecular flexibility index (Phi) is 7.61. The normalized spacial score (nSPS) is 18.4. The van der Waals surface area contributed by atoms with E-state index in [1.165, 1.54) is 21.9 Å². The van der Waals surface area contributed by atoms with E-state index in [-0.39, 0.29) is 22.2 Å². The molecule has 4 rings (SSSR count). The molecule has 184 valence electrons. The highest BCUT2D eigenvalue weighted by molar-refractivity contribution is 8.00. The molecule has 1 fully saturated rings. The number of anilines is 1. The second kappa shape index (κ2) is 10.5. The lowest BCUT2D eigenvalue weighted by molar-refractivity contribution is -0.114. The molecule has 2 atom stereocenters. The van der Waals surface area contributed by atoms with Gasteiger partial charge in [-0.1, -0.05) is 81.4 Å². The summed E-state index contributed by atoms with van der Waals surface area (Å²) in [5, 5.41) is 4.83. The number of hydrogen-bond donors (Lipinski definition) is 1. The Bertz CT molecular complexity index is 1180. The van der Waals surface area contributed by atoms with Crippen LogP contribution in [0.4, 0.5) is 5.82 Å². The molecule has 1 N–H and O–H groups in total. The maximum absolute atomic E-state index is 12.5. The van der Waals surface area contributed by atoms with Crippen molar-refractivity contribution >= 4 is 42.2 Å². The van der Waals surface area contributed by atoms with E-state index in [9.17, 15) is 9.59 Å². The lowest BCUT2D eigenvalue weighted by Gasteiger charge is -2.43. The molecule has 3 aromatic rings. The third-order valence-electron chi connectivity index (χ3n) is 6.03. The van der Waals surface area contributed by atoms with Crippen molar-refractivity contribution in [1.82, 2.24) is 9.55 Å². The van der Waals surface area contributed by atoms with Crippen molar-refractivity contribution in [3.8, 4) is 0 Å². The van der Waals surface area contributed by atoms with Gasteiger partial charge in [0.25, 0.3) is 8.32 Å². The molecule has 0 radical (unpaired) electrons. The molecule has 1 saturated heterocycles. The molecular formula is C26H31N3O4SSi. The van der Waals surface area contributed by atoms with Gasteiger partial charge in [0.15, 0.2) is 0 Å². The van der Waals surface area contributed by atoms with Gasteiger partial charge in [-0.25, -0.2) is 4.79 Å². The van der Waals surface area contributed by atoms with E-state index in [1.807, 2.05) is 12.1 Å². The summed E-state index contributed by atoms with van der Waals surface area (Å²) in [5.74, 6) is 0.564. The smallest absolute Gasteiger partial charge is 0.351 e. The average Bonchev–Trinajstić information content (AvgIpc) is 3.28. The van der Waals surface area contributed by atoms with Gasteiger partial charge < -0.3 is 14.5 Å². The van der Waals surface area contributed by atoms with E-state index in [0.29, 0.717) is 12.4 Å². The van der Waals surface area contributed by atoms with Crippen molar-refractivity contribution in [2.24, 2.45) is 0 Å². The van der Waals surface area contributed by atoms with Gasteiger partial charge in [0.05, 0.1) is 6.61 Å². The second-order valence-corrected chi connectivity index (χ2v) is 15.0. The molecule has 2 heterocycles. The predicted octanol–water partition coefficient (Wildman–Crippen LogP) is 3.37. The Labute approximate surface area is 211 Å². The van der Waals surface area contributed by atoms with Crippen LogP contribution in [0.25, 0.3) is 0 Å². The maximum atomic E-state index is 12.5. The third kappa shape index (κ3) is 5.43. The van der Waals surface area contributed by atoms with Crippen LogP contribution in [0, 0.1) is 0 Å². The first-order valence-electron chi connectivity index (χ1n) is 11.6. The Morgan fingerprint density at radius 3 is 2.23 bits per heavy atom. The number of thioether (sulfide) groups is 1. The summed E-state index contributed by atoms with van der Waals surface area (Å²) < 4.78 is 14.7. The highest BCUT2D eigenvalue weighted by Crippen LogP contribution is 2.38. The number of nitrogens with zero attached hydrogens (tertiary/aromatic N) is 2. The Balaban J connectivity index is 1.56. The van der Waals surface area contributed by atoms with Gasteiger partial charge in [-0.2, -0.15) is 4.98 Å². The second-order valence-electron chi connectivity index (χ2n) is 9.51. The molecule has 9 heteroatoms. The van der Waals surface area contributed by atoms with Crippen LogP contribution in [-0.2, 0) is 14.0 Å². The van der Waals surface area contributed by atoms with Crippen molar-refractivity contribution in [3.63, 3.8) is 0 Å². The molecule has 7 nitrogen and oxygen atoms in total. The summed E-state index contributed by atoms with van der Waals surface area (Å²) in [4.78, 5) is 27.7. The van der Waals surface area contributed by atoms with Gasteiger partial charge in [-0.15, -0.1) is 11.8 Å². The molecule has 1 amide bonds. The van der Waals surface area contributed by atoms with Crippen molar-refractivity contribution in [2.75, 3.05) is 17.7 Å². The predicted molar refractivity (Wildman–Crippen MR) is 143 cm³/mol. The van der Waals surface area contributed by atoms with Gasteiger partial charge in [0, 0.05) is 18.9 Å². The van der Waals surface area contributed by atoms with Crippen LogP contribution in [0.15, 0.2) is 77.7 Å². The topological polar surface area (TPSA) is 82.5 Å². The van der Waals surface area contributed by atoms with E-state index < -0.39 is 20.2 Å². The van der Waals surface area contributed by atoms with Crippen LogP contribution in [0.1, 0.15) is 33.9 Å². The summed E-state index contributed by atoms with van der Waals surface area (Å²) in [7, 11) is -2.67. The number of amides is 1. The molecule has 2 aromatic carbocycles. The van der Waals surface area contributed by atoms with Crippen LogP contribution in [0.5, 0.6) is 0 Å². The molecule has 1 aromatic heterocycles. The van der Waals surface area contributed by atoms with Crippen LogP contribution < -0.4 is 21.4 Å². The standard InChI is InChI=1S/C26H31N3O4SSi/c1-19(30)27-22-15-16-29(25(31)28-22)23-18-34-24(33-23)17-32-35(26(2,3)4,20-11-7-5-8-12-20)21-13-9-6-10-14-21/h5-16,23-24H,17-18H2,1-4H3,(H,27,28,30,31)/t23-,24-/m1/s1. The number of carbonyl (C=O) groups excluding carboxylic acids is 1. The number of ether oxygens (including phenoxy) is 1. The van der Waals surface area contributed by atoms with Crippen LogP contribution in [0.2, 0.25) is 5.04 Å². The molecular weight excluding hydrogens is 478 g/mol. The Hall–Kier alpha value is -2.72. The minimum atomic E-state index is -2.67. The Morgan fingerprint density at radius 1 is 1.11 bits per heavy atom. The van der Waals surface area contributed by atoms with Gasteiger partial charge in [-0.05, 0) is 21.5 Å². The molecule has 1 aliphatic heterocycles. The van der Waals surface area contributed by atoms with Crippen molar-refractivity contribution in [2.45, 2.75) is 44.4 Å². The number of benzene rings is 2. The zero-order valence-electron chi connectivity index (χ0n) is 20.4. The SMILES string of the molecule is CC(=O)Nc1ccn([C@H]2CS[C@H](CO[Si](c3ccccc3)(c3ccccc3)C(C)(C)C)O2)c(=O)n1. The van der Waals surface area contributed by atoms with E-state index in [4.69, 9.17) is 9.16 Å². The zero-order valence-corrected chi connectivity index (χ0v) is 22.2. The minimum absolute atomic E-state index is 0.126. The fourth-order valence-corrected chi connectivity index (χ4v) is 10.2. The highest BCUT2D eigenvalue weighted by atomic mass is 32.2. The average molecular weight is 510 g/mol. The molecule has 0 unspecified atom stereocenters. The van der Waals surface area contributed by atoms with E-state index >= 15 is 0 Å². The summed E-state index contributed by atoms with van der Waals surface area (Å²) in [6, 6.07) is 22.6. The van der Waals surface area contributed by atoms with Crippen LogP contribution in [-0.4, -0.2) is 41.6 Å². The molecule has 1 aliphatic rings. The lowest BCUT2D eigenvalue weighted by Crippen LogP contribution is -2.67. The van der Waals surface area contributed by atoms with Crippen molar-refractivity contribution in [1.29, 1.82) is 0 Å². The molecule has 0 saturated carbocycles. The van der Waals surface area contributed by atoms with Gasteiger partial charge in [-0.3, -0.25) is 9.36 Å². The molecule has 0 bridgehead atoms. The molecule has 35 heavy (non-hydrogen) atoms. The highest BCUT2D eigenvalue weighted by Gasteiger charge is 2.50. The van der Waals surface area contributed by atoms with Gasteiger partial charge >= 0.3 is 5.69 Å². The fourth-order valence-electron chi connectivity index (χ4n) is 4.51.